The van der Waals surface area contributed by atoms with Crippen molar-refractivity contribution in [1.82, 2.24) is 9.88 Å². The number of fused-ring (bicyclic) bond motifs is 1. The van der Waals surface area contributed by atoms with Gasteiger partial charge in [-0.1, -0.05) is 11.6 Å². The fourth-order valence-corrected chi connectivity index (χ4v) is 2.53. The van der Waals surface area contributed by atoms with Crippen LogP contribution >= 0.6 is 0 Å². The first kappa shape index (κ1) is 16.2. The Morgan fingerprint density at radius 3 is 2.77 bits per heavy atom. The molecule has 2 rings (SSSR count). The maximum Gasteiger partial charge on any atom is 0.257 e. The van der Waals surface area contributed by atoms with E-state index in [0.717, 1.165) is 11.1 Å². The van der Waals surface area contributed by atoms with E-state index < -0.39 is 0 Å². The van der Waals surface area contributed by atoms with Crippen LogP contribution in [0.4, 0.5) is 0 Å². The van der Waals surface area contributed by atoms with E-state index in [1.165, 1.54) is 0 Å². The summed E-state index contributed by atoms with van der Waals surface area (Å²) in [6.45, 7) is 6.85. The van der Waals surface area contributed by atoms with Gasteiger partial charge in [-0.05, 0) is 32.9 Å². The molecule has 1 aromatic heterocycles. The second-order valence-electron chi connectivity index (χ2n) is 5.51. The molecular formula is C17H22N2O3. The maximum absolute atomic E-state index is 12.6. The van der Waals surface area contributed by atoms with E-state index in [1.54, 1.807) is 13.3 Å². The second-order valence-corrected chi connectivity index (χ2v) is 5.51. The molecule has 5 heteroatoms. The van der Waals surface area contributed by atoms with E-state index in [0.29, 0.717) is 18.5 Å². The minimum atomic E-state index is -0.361. The lowest BCUT2D eigenvalue weighted by Gasteiger charge is -2.15. The molecule has 1 unspecified atom stereocenters. The number of carbonyl (C=O) groups is 1. The highest BCUT2D eigenvalue weighted by molar-refractivity contribution is 5.97. The van der Waals surface area contributed by atoms with Gasteiger partial charge in [0, 0.05) is 31.3 Å². The van der Waals surface area contributed by atoms with Gasteiger partial charge in [0.15, 0.2) is 0 Å². The van der Waals surface area contributed by atoms with Crippen molar-refractivity contribution in [1.29, 1.82) is 0 Å². The number of aryl methyl sites for hydroxylation is 2. The normalized spacial score (nSPS) is 12.4. The van der Waals surface area contributed by atoms with E-state index >= 15 is 0 Å². The summed E-state index contributed by atoms with van der Waals surface area (Å²) in [5.41, 5.74) is 1.78. The van der Waals surface area contributed by atoms with E-state index in [1.807, 2.05) is 43.5 Å². The van der Waals surface area contributed by atoms with Gasteiger partial charge < -0.3 is 14.6 Å². The zero-order valence-corrected chi connectivity index (χ0v) is 13.5. The van der Waals surface area contributed by atoms with Crippen molar-refractivity contribution < 1.29 is 9.53 Å². The molecular weight excluding hydrogens is 280 g/mol. The molecule has 0 spiro atoms. The van der Waals surface area contributed by atoms with E-state index in [4.69, 9.17) is 4.74 Å². The molecule has 0 aliphatic carbocycles. The number of benzene rings is 1. The van der Waals surface area contributed by atoms with Crippen molar-refractivity contribution >= 4 is 16.8 Å². The number of carbonyl (C=O) groups excluding carboxylic acids is 1. The van der Waals surface area contributed by atoms with Crippen LogP contribution < -0.4 is 10.7 Å². The highest BCUT2D eigenvalue weighted by Gasteiger charge is 2.16. The Balaban J connectivity index is 2.52. The minimum absolute atomic E-state index is 0.153. The number of hydrogen-bond donors (Lipinski definition) is 1. The summed E-state index contributed by atoms with van der Waals surface area (Å²) in [6, 6.07) is 5.57. The predicted octanol–water partition coefficient (Wildman–Crippen LogP) is 2.09. The summed E-state index contributed by atoms with van der Waals surface area (Å²) in [5.74, 6) is -0.361. The van der Waals surface area contributed by atoms with Gasteiger partial charge in [-0.3, -0.25) is 9.59 Å². The lowest BCUT2D eigenvalue weighted by Crippen LogP contribution is -2.38. The van der Waals surface area contributed by atoms with Crippen LogP contribution in [0.5, 0.6) is 0 Å². The molecule has 0 aliphatic heterocycles. The molecule has 0 radical (unpaired) electrons. The topological polar surface area (TPSA) is 60.3 Å². The Morgan fingerprint density at radius 1 is 1.41 bits per heavy atom. The molecule has 1 amide bonds. The predicted molar refractivity (Wildman–Crippen MR) is 87.4 cm³/mol. The number of aromatic nitrogens is 1. The zero-order chi connectivity index (χ0) is 16.3. The van der Waals surface area contributed by atoms with Gasteiger partial charge in [-0.15, -0.1) is 0 Å². The third-order valence-electron chi connectivity index (χ3n) is 3.62. The molecule has 2 aromatic rings. The van der Waals surface area contributed by atoms with E-state index in [9.17, 15) is 9.59 Å². The molecule has 1 N–H and O–H groups in total. The van der Waals surface area contributed by atoms with Crippen LogP contribution in [0.2, 0.25) is 0 Å². The molecule has 1 atom stereocenters. The lowest BCUT2D eigenvalue weighted by atomic mass is 10.1. The Hall–Kier alpha value is -2.14. The number of ether oxygens (including phenoxy) is 1. The second kappa shape index (κ2) is 6.75. The number of nitrogens with zero attached hydrogens (tertiary/aromatic N) is 1. The van der Waals surface area contributed by atoms with Crippen LogP contribution in [-0.4, -0.2) is 30.2 Å². The SMILES string of the molecule is CCn1cc(C(=O)NC(C)COC)c(=O)c2cc(C)ccc21. The first-order valence-electron chi connectivity index (χ1n) is 7.41. The molecule has 0 fully saturated rings. The number of hydrogen-bond acceptors (Lipinski definition) is 3. The van der Waals surface area contributed by atoms with Crippen molar-refractivity contribution in [2.24, 2.45) is 0 Å². The summed E-state index contributed by atoms with van der Waals surface area (Å²) in [6.07, 6.45) is 1.63. The quantitative estimate of drug-likeness (QED) is 0.920. The molecule has 1 aromatic carbocycles. The Labute approximate surface area is 129 Å². The van der Waals surface area contributed by atoms with Gasteiger partial charge in [-0.2, -0.15) is 0 Å². The Morgan fingerprint density at radius 2 is 2.14 bits per heavy atom. The van der Waals surface area contributed by atoms with Crippen molar-refractivity contribution in [3.63, 3.8) is 0 Å². The van der Waals surface area contributed by atoms with Crippen LogP contribution in [0.25, 0.3) is 10.9 Å². The van der Waals surface area contributed by atoms with Crippen LogP contribution in [0.1, 0.15) is 29.8 Å². The van der Waals surface area contributed by atoms with Crippen LogP contribution in [0.3, 0.4) is 0 Å². The van der Waals surface area contributed by atoms with Crippen molar-refractivity contribution in [2.75, 3.05) is 13.7 Å². The van der Waals surface area contributed by atoms with Crippen LogP contribution in [0.15, 0.2) is 29.2 Å². The number of pyridine rings is 1. The first-order valence-corrected chi connectivity index (χ1v) is 7.41. The van der Waals surface area contributed by atoms with Gasteiger partial charge in [0.05, 0.1) is 12.1 Å². The summed E-state index contributed by atoms with van der Waals surface area (Å²) < 4.78 is 6.93. The molecule has 0 saturated carbocycles. The largest absolute Gasteiger partial charge is 0.383 e. The van der Waals surface area contributed by atoms with Crippen LogP contribution in [0, 0.1) is 6.92 Å². The van der Waals surface area contributed by atoms with Gasteiger partial charge in [0.2, 0.25) is 5.43 Å². The number of rotatable bonds is 5. The summed E-state index contributed by atoms with van der Waals surface area (Å²) in [5, 5.41) is 3.37. The van der Waals surface area contributed by atoms with Gasteiger partial charge in [-0.25, -0.2) is 0 Å². The maximum atomic E-state index is 12.6. The van der Waals surface area contributed by atoms with E-state index in [2.05, 4.69) is 5.32 Å². The third-order valence-corrected chi connectivity index (χ3v) is 3.62. The zero-order valence-electron chi connectivity index (χ0n) is 13.5. The average molecular weight is 302 g/mol. The smallest absolute Gasteiger partial charge is 0.257 e. The number of nitrogens with one attached hydrogen (secondary N) is 1. The van der Waals surface area contributed by atoms with Gasteiger partial charge >= 0.3 is 0 Å². The number of methoxy groups -OCH3 is 1. The summed E-state index contributed by atoms with van der Waals surface area (Å²) in [7, 11) is 1.57. The van der Waals surface area contributed by atoms with E-state index in [-0.39, 0.29) is 22.9 Å². The number of amides is 1. The molecule has 0 saturated heterocycles. The minimum Gasteiger partial charge on any atom is -0.383 e. The Bertz CT molecular complexity index is 749. The first-order chi connectivity index (χ1) is 10.5. The molecule has 0 bridgehead atoms. The fourth-order valence-electron chi connectivity index (χ4n) is 2.53. The van der Waals surface area contributed by atoms with Crippen LogP contribution in [-0.2, 0) is 11.3 Å². The molecule has 5 nitrogen and oxygen atoms in total. The summed E-state index contributed by atoms with van der Waals surface area (Å²) in [4.78, 5) is 25.0. The van der Waals surface area contributed by atoms with Crippen molar-refractivity contribution in [2.45, 2.75) is 33.4 Å². The molecule has 1 heterocycles. The van der Waals surface area contributed by atoms with Gasteiger partial charge in [0.1, 0.15) is 5.56 Å². The fraction of sp³-hybridized carbons (Fsp3) is 0.412. The monoisotopic (exact) mass is 302 g/mol. The molecule has 118 valence electrons. The standard InChI is InChI=1S/C17H22N2O3/c1-5-19-9-14(17(21)18-12(3)10-22-4)16(20)13-8-11(2)6-7-15(13)19/h6-9,12H,5,10H2,1-4H3,(H,18,21). The lowest BCUT2D eigenvalue weighted by molar-refractivity contribution is 0.0904. The van der Waals surface area contributed by atoms with Crippen molar-refractivity contribution in [3.05, 3.63) is 45.7 Å². The highest BCUT2D eigenvalue weighted by atomic mass is 16.5. The van der Waals surface area contributed by atoms with Crippen molar-refractivity contribution in [3.8, 4) is 0 Å². The average Bonchev–Trinajstić information content (AvgIpc) is 2.48. The highest BCUT2D eigenvalue weighted by Crippen LogP contribution is 2.14. The Kier molecular flexibility index (Phi) is 4.98. The van der Waals surface area contributed by atoms with Gasteiger partial charge in [0.25, 0.3) is 5.91 Å². The summed E-state index contributed by atoms with van der Waals surface area (Å²) >= 11 is 0. The molecule has 22 heavy (non-hydrogen) atoms. The third kappa shape index (κ3) is 3.20. The molecule has 0 aliphatic rings.